The third-order valence-electron chi connectivity index (χ3n) is 6.68. The van der Waals surface area contributed by atoms with Crippen LogP contribution in [0.25, 0.3) is 10.9 Å². The van der Waals surface area contributed by atoms with E-state index in [1.54, 1.807) is 0 Å². The summed E-state index contributed by atoms with van der Waals surface area (Å²) in [5.41, 5.74) is 3.42. The molecule has 0 unspecified atom stereocenters. The van der Waals surface area contributed by atoms with E-state index in [-0.39, 0.29) is 0 Å². The lowest BCUT2D eigenvalue weighted by atomic mass is 9.91. The van der Waals surface area contributed by atoms with Gasteiger partial charge in [-0.05, 0) is 43.9 Å². The summed E-state index contributed by atoms with van der Waals surface area (Å²) in [4.78, 5) is 9.33. The third-order valence-corrected chi connectivity index (χ3v) is 6.68. The fourth-order valence-corrected chi connectivity index (χ4v) is 4.85. The number of nitrogens with zero attached hydrogens (tertiary/aromatic N) is 4. The Morgan fingerprint density at radius 3 is 2.38 bits per heavy atom. The monoisotopic (exact) mass is 456 g/mol. The minimum atomic E-state index is 0.457. The average Bonchev–Trinajstić information content (AvgIpc) is 2.87. The van der Waals surface area contributed by atoms with Gasteiger partial charge in [0.25, 0.3) is 0 Å². The van der Waals surface area contributed by atoms with Crippen LogP contribution in [0, 0.1) is 11.3 Å². The summed E-state index contributed by atoms with van der Waals surface area (Å²) in [7, 11) is 4.17. The standard InChI is InChI=1S/C28H36N6/c1-33(2)27-21-28(32-26-12-7-6-11-25(26)27)31-23-15-13-22(14-16-23)30-18-20-34(19-8-17-29)24-9-4-3-5-10-24/h3-7,9-12,21-23,30H,8,13-16,18-20H2,1-2H3,(H,31,32). The fourth-order valence-electron chi connectivity index (χ4n) is 4.85. The zero-order valence-corrected chi connectivity index (χ0v) is 20.4. The van der Waals surface area contributed by atoms with Crippen LogP contribution in [-0.2, 0) is 0 Å². The quantitative estimate of drug-likeness (QED) is 0.446. The number of para-hydroxylation sites is 2. The molecule has 1 aromatic heterocycles. The highest BCUT2D eigenvalue weighted by Gasteiger charge is 2.21. The lowest BCUT2D eigenvalue weighted by Gasteiger charge is -2.31. The van der Waals surface area contributed by atoms with Crippen molar-refractivity contribution in [2.45, 2.75) is 44.2 Å². The maximum atomic E-state index is 9.01. The normalized spacial score (nSPS) is 17.8. The summed E-state index contributed by atoms with van der Waals surface area (Å²) >= 11 is 0. The molecule has 178 valence electrons. The predicted molar refractivity (Wildman–Crippen MR) is 143 cm³/mol. The van der Waals surface area contributed by atoms with Crippen LogP contribution in [-0.4, -0.2) is 50.8 Å². The van der Waals surface area contributed by atoms with E-state index in [2.05, 4.69) is 95.2 Å². The minimum absolute atomic E-state index is 0.457. The Balaban J connectivity index is 1.27. The van der Waals surface area contributed by atoms with Crippen LogP contribution < -0.4 is 20.4 Å². The Morgan fingerprint density at radius 1 is 0.941 bits per heavy atom. The van der Waals surface area contributed by atoms with E-state index in [0.717, 1.165) is 56.7 Å². The number of pyridine rings is 1. The molecule has 0 atom stereocenters. The largest absolute Gasteiger partial charge is 0.377 e. The molecule has 0 radical (unpaired) electrons. The molecule has 4 rings (SSSR count). The second-order valence-electron chi connectivity index (χ2n) is 9.32. The molecule has 0 spiro atoms. The minimum Gasteiger partial charge on any atom is -0.377 e. The van der Waals surface area contributed by atoms with Crippen LogP contribution in [0.4, 0.5) is 17.2 Å². The summed E-state index contributed by atoms with van der Waals surface area (Å²) in [6.45, 7) is 2.62. The average molecular weight is 457 g/mol. The maximum absolute atomic E-state index is 9.01. The van der Waals surface area contributed by atoms with Crippen LogP contribution in [0.2, 0.25) is 0 Å². The summed E-state index contributed by atoms with van der Waals surface area (Å²) < 4.78 is 0. The first-order valence-corrected chi connectivity index (χ1v) is 12.4. The molecule has 34 heavy (non-hydrogen) atoms. The van der Waals surface area contributed by atoms with Crippen molar-refractivity contribution in [3.8, 4) is 6.07 Å². The Morgan fingerprint density at radius 2 is 1.65 bits per heavy atom. The number of fused-ring (bicyclic) bond motifs is 1. The Labute approximate surface area is 203 Å². The van der Waals surface area contributed by atoms with Crippen LogP contribution >= 0.6 is 0 Å². The van der Waals surface area contributed by atoms with Crippen molar-refractivity contribution >= 4 is 28.1 Å². The van der Waals surface area contributed by atoms with Gasteiger partial charge in [-0.15, -0.1) is 0 Å². The number of hydrogen-bond donors (Lipinski definition) is 2. The highest BCUT2D eigenvalue weighted by Crippen LogP contribution is 2.29. The van der Waals surface area contributed by atoms with Gasteiger partial charge in [0.05, 0.1) is 18.0 Å². The third kappa shape index (κ3) is 6.18. The molecule has 2 aromatic carbocycles. The number of hydrogen-bond acceptors (Lipinski definition) is 6. The Kier molecular flexibility index (Phi) is 8.21. The van der Waals surface area contributed by atoms with Crippen molar-refractivity contribution in [3.05, 3.63) is 60.7 Å². The van der Waals surface area contributed by atoms with Crippen LogP contribution in [0.1, 0.15) is 32.1 Å². The molecular formula is C28H36N6. The number of rotatable bonds is 10. The van der Waals surface area contributed by atoms with Gasteiger partial charge in [-0.25, -0.2) is 4.98 Å². The smallest absolute Gasteiger partial charge is 0.128 e. The van der Waals surface area contributed by atoms with Crippen molar-refractivity contribution < 1.29 is 0 Å². The Hall–Kier alpha value is -3.30. The summed E-state index contributed by atoms with van der Waals surface area (Å²) in [5.74, 6) is 0.967. The van der Waals surface area contributed by atoms with Gasteiger partial charge in [-0.3, -0.25) is 0 Å². The SMILES string of the molecule is CN(C)c1cc(NC2CCC(NCCN(CCC#N)c3ccccc3)CC2)nc2ccccc12. The molecule has 1 saturated carbocycles. The first-order chi connectivity index (χ1) is 16.6. The Bertz CT molecular complexity index is 1080. The van der Waals surface area contributed by atoms with Crippen molar-refractivity contribution in [2.75, 3.05) is 48.8 Å². The van der Waals surface area contributed by atoms with Gasteiger partial charge in [0.15, 0.2) is 0 Å². The van der Waals surface area contributed by atoms with Crippen LogP contribution in [0.3, 0.4) is 0 Å². The molecule has 0 amide bonds. The van der Waals surface area contributed by atoms with Gasteiger partial charge in [0, 0.05) is 68.6 Å². The van der Waals surface area contributed by atoms with E-state index in [4.69, 9.17) is 10.2 Å². The van der Waals surface area contributed by atoms with Crippen molar-refractivity contribution in [1.82, 2.24) is 10.3 Å². The van der Waals surface area contributed by atoms with Gasteiger partial charge in [-0.1, -0.05) is 36.4 Å². The van der Waals surface area contributed by atoms with Gasteiger partial charge in [-0.2, -0.15) is 5.26 Å². The van der Waals surface area contributed by atoms with Gasteiger partial charge in [0.1, 0.15) is 5.82 Å². The van der Waals surface area contributed by atoms with E-state index in [9.17, 15) is 0 Å². The summed E-state index contributed by atoms with van der Waals surface area (Å²) in [6.07, 6.45) is 5.15. The van der Waals surface area contributed by atoms with E-state index in [1.807, 2.05) is 6.07 Å². The second kappa shape index (κ2) is 11.7. The molecule has 1 heterocycles. The van der Waals surface area contributed by atoms with Gasteiger partial charge in [0.2, 0.25) is 0 Å². The van der Waals surface area contributed by atoms with E-state index in [1.165, 1.54) is 16.8 Å². The summed E-state index contributed by atoms with van der Waals surface area (Å²) in [5, 5.41) is 17.7. The maximum Gasteiger partial charge on any atom is 0.128 e. The molecule has 0 bridgehead atoms. The van der Waals surface area contributed by atoms with Crippen molar-refractivity contribution in [3.63, 3.8) is 0 Å². The highest BCUT2D eigenvalue weighted by molar-refractivity contribution is 5.93. The highest BCUT2D eigenvalue weighted by atomic mass is 15.1. The van der Waals surface area contributed by atoms with Crippen LogP contribution in [0.15, 0.2) is 60.7 Å². The number of nitriles is 1. The fraction of sp³-hybridized carbons (Fsp3) is 0.429. The van der Waals surface area contributed by atoms with Gasteiger partial charge < -0.3 is 20.4 Å². The molecule has 6 nitrogen and oxygen atoms in total. The van der Waals surface area contributed by atoms with Gasteiger partial charge >= 0.3 is 0 Å². The number of nitrogens with one attached hydrogen (secondary N) is 2. The predicted octanol–water partition coefficient (Wildman–Crippen LogP) is 5.03. The number of aromatic nitrogens is 1. The molecule has 0 saturated heterocycles. The summed E-state index contributed by atoms with van der Waals surface area (Å²) in [6, 6.07) is 24.2. The first-order valence-electron chi connectivity index (χ1n) is 12.4. The topological polar surface area (TPSA) is 67.2 Å². The molecule has 2 N–H and O–H groups in total. The zero-order chi connectivity index (χ0) is 23.8. The molecule has 1 fully saturated rings. The van der Waals surface area contributed by atoms with Crippen molar-refractivity contribution in [2.24, 2.45) is 0 Å². The lowest BCUT2D eigenvalue weighted by molar-refractivity contribution is 0.356. The number of benzene rings is 2. The zero-order valence-electron chi connectivity index (χ0n) is 20.4. The lowest BCUT2D eigenvalue weighted by Crippen LogP contribution is -2.41. The molecule has 0 aliphatic heterocycles. The molecule has 6 heteroatoms. The first kappa shape index (κ1) is 23.8. The van der Waals surface area contributed by atoms with E-state index >= 15 is 0 Å². The van der Waals surface area contributed by atoms with E-state index in [0.29, 0.717) is 18.5 Å². The molecule has 1 aliphatic carbocycles. The molecule has 3 aromatic rings. The van der Waals surface area contributed by atoms with E-state index < -0.39 is 0 Å². The number of anilines is 3. The second-order valence-corrected chi connectivity index (χ2v) is 9.32. The molecule has 1 aliphatic rings. The molecular weight excluding hydrogens is 420 g/mol. The van der Waals surface area contributed by atoms with Crippen molar-refractivity contribution in [1.29, 1.82) is 5.26 Å². The van der Waals surface area contributed by atoms with Crippen LogP contribution in [0.5, 0.6) is 0 Å².